The van der Waals surface area contributed by atoms with Gasteiger partial charge in [0.15, 0.2) is 0 Å². The van der Waals surface area contributed by atoms with Crippen LogP contribution in [0.1, 0.15) is 41.5 Å². The average molecular weight is 268 g/mol. The van der Waals surface area contributed by atoms with Gasteiger partial charge in [-0.15, -0.1) is 0 Å². The van der Waals surface area contributed by atoms with Gasteiger partial charge in [-0.05, 0) is 63.8 Å². The molecule has 0 bridgehead atoms. The monoisotopic (exact) mass is 268 g/mol. The van der Waals surface area contributed by atoms with E-state index in [4.69, 9.17) is 0 Å². The highest BCUT2D eigenvalue weighted by Crippen LogP contribution is 2.29. The first-order valence-electron chi connectivity index (χ1n) is 6.90. The molecule has 0 aromatic carbocycles. The third-order valence-electron chi connectivity index (χ3n) is 3.16. The molecular formula is C20H28. The first-order valence-corrected chi connectivity index (χ1v) is 6.90. The van der Waals surface area contributed by atoms with Crippen LogP contribution in [-0.4, -0.2) is 0 Å². The van der Waals surface area contributed by atoms with Crippen molar-refractivity contribution in [3.63, 3.8) is 0 Å². The Labute approximate surface area is 125 Å². The van der Waals surface area contributed by atoms with Crippen molar-refractivity contribution in [2.75, 3.05) is 0 Å². The topological polar surface area (TPSA) is 0 Å². The molecule has 0 fully saturated rings. The highest BCUT2D eigenvalue weighted by molar-refractivity contribution is 5.60. The summed E-state index contributed by atoms with van der Waals surface area (Å²) < 4.78 is 0. The summed E-state index contributed by atoms with van der Waals surface area (Å²) >= 11 is 0. The lowest BCUT2D eigenvalue weighted by molar-refractivity contribution is 1.22. The predicted octanol–water partition coefficient (Wildman–Crippen LogP) is 6.48. The van der Waals surface area contributed by atoms with Crippen molar-refractivity contribution in [1.82, 2.24) is 0 Å². The van der Waals surface area contributed by atoms with E-state index >= 15 is 0 Å². The Morgan fingerprint density at radius 2 is 1.35 bits per heavy atom. The van der Waals surface area contributed by atoms with Crippen molar-refractivity contribution in [3.8, 4) is 0 Å². The molecule has 0 radical (unpaired) electrons. The van der Waals surface area contributed by atoms with Crippen LogP contribution in [0, 0.1) is 0 Å². The molecule has 0 aliphatic rings. The second-order valence-electron chi connectivity index (χ2n) is 5.51. The van der Waals surface area contributed by atoms with Crippen molar-refractivity contribution in [2.45, 2.75) is 41.5 Å². The summed E-state index contributed by atoms with van der Waals surface area (Å²) in [7, 11) is 0. The van der Waals surface area contributed by atoms with Crippen molar-refractivity contribution in [1.29, 1.82) is 0 Å². The minimum absolute atomic E-state index is 1.03. The van der Waals surface area contributed by atoms with Crippen molar-refractivity contribution < 1.29 is 0 Å². The Balaban J connectivity index is 5.85. The summed E-state index contributed by atoms with van der Waals surface area (Å²) in [6.07, 6.45) is 7.96. The van der Waals surface area contributed by atoms with Gasteiger partial charge in [0.2, 0.25) is 0 Å². The van der Waals surface area contributed by atoms with Crippen molar-refractivity contribution >= 4 is 0 Å². The van der Waals surface area contributed by atoms with E-state index in [1.54, 1.807) is 0 Å². The lowest BCUT2D eigenvalue weighted by atomic mass is 9.89. The number of rotatable bonds is 6. The third-order valence-corrected chi connectivity index (χ3v) is 3.16. The van der Waals surface area contributed by atoms with Crippen LogP contribution in [0.3, 0.4) is 0 Å². The van der Waals surface area contributed by atoms with Gasteiger partial charge in [0.05, 0.1) is 0 Å². The molecule has 0 aromatic heterocycles. The van der Waals surface area contributed by atoms with Gasteiger partial charge in [-0.1, -0.05) is 60.8 Å². The van der Waals surface area contributed by atoms with Crippen molar-refractivity contribution in [3.05, 3.63) is 83.1 Å². The fourth-order valence-electron chi connectivity index (χ4n) is 1.78. The zero-order chi connectivity index (χ0) is 15.9. The minimum atomic E-state index is 1.03. The molecule has 0 unspecified atom stereocenters. The molecule has 0 N–H and O–H groups in total. The molecule has 0 aromatic rings. The van der Waals surface area contributed by atoms with E-state index in [2.05, 4.69) is 60.4 Å². The number of allylic oxidation sites excluding steroid dienone is 11. The van der Waals surface area contributed by atoms with Gasteiger partial charge >= 0.3 is 0 Å². The van der Waals surface area contributed by atoms with E-state index in [1.165, 1.54) is 16.7 Å². The summed E-state index contributed by atoms with van der Waals surface area (Å²) in [5, 5.41) is 0. The van der Waals surface area contributed by atoms with Gasteiger partial charge in [-0.25, -0.2) is 0 Å². The molecule has 0 aliphatic carbocycles. The van der Waals surface area contributed by atoms with Crippen LogP contribution < -0.4 is 0 Å². The van der Waals surface area contributed by atoms with Crippen LogP contribution in [0.5, 0.6) is 0 Å². The van der Waals surface area contributed by atoms with Crippen LogP contribution in [0.2, 0.25) is 0 Å². The standard InChI is InChI=1S/C20H28/c1-10-11-20(17(8)15(4)5)18(9)19(16(6)7)13-12-14(2)3/h10-13H,1-2,9H2,3-8H3/b13-12-,20-11+. The van der Waals surface area contributed by atoms with E-state index in [0.717, 1.165) is 22.3 Å². The Kier molecular flexibility index (Phi) is 7.61. The highest BCUT2D eigenvalue weighted by Gasteiger charge is 2.10. The summed E-state index contributed by atoms with van der Waals surface area (Å²) in [6, 6.07) is 0. The predicted molar refractivity (Wildman–Crippen MR) is 93.8 cm³/mol. The van der Waals surface area contributed by atoms with Crippen LogP contribution in [0.4, 0.5) is 0 Å². The largest absolute Gasteiger partial charge is 0.0990 e. The number of hydrogen-bond acceptors (Lipinski definition) is 0. The molecule has 108 valence electrons. The van der Waals surface area contributed by atoms with Gasteiger partial charge in [0.1, 0.15) is 0 Å². The van der Waals surface area contributed by atoms with Crippen LogP contribution in [0.25, 0.3) is 0 Å². The molecule has 0 atom stereocenters. The molecule has 0 spiro atoms. The van der Waals surface area contributed by atoms with Crippen LogP contribution >= 0.6 is 0 Å². The van der Waals surface area contributed by atoms with Gasteiger partial charge in [-0.3, -0.25) is 0 Å². The Morgan fingerprint density at radius 3 is 1.70 bits per heavy atom. The maximum atomic E-state index is 4.29. The first-order chi connectivity index (χ1) is 9.22. The summed E-state index contributed by atoms with van der Waals surface area (Å²) in [4.78, 5) is 0. The average Bonchev–Trinajstić information content (AvgIpc) is 2.34. The Morgan fingerprint density at radius 1 is 0.800 bits per heavy atom. The van der Waals surface area contributed by atoms with Crippen molar-refractivity contribution in [2.24, 2.45) is 0 Å². The van der Waals surface area contributed by atoms with E-state index in [1.807, 2.05) is 25.2 Å². The molecule has 0 rings (SSSR count). The first kappa shape index (κ1) is 18.2. The second-order valence-corrected chi connectivity index (χ2v) is 5.51. The molecule has 0 saturated carbocycles. The Hall–Kier alpha value is -1.82. The second kappa shape index (κ2) is 8.37. The smallest absolute Gasteiger partial charge is 0.0156 e. The number of hydrogen-bond donors (Lipinski definition) is 0. The van der Waals surface area contributed by atoms with Gasteiger partial charge in [0.25, 0.3) is 0 Å². The fourth-order valence-corrected chi connectivity index (χ4v) is 1.78. The zero-order valence-electron chi connectivity index (χ0n) is 13.9. The molecule has 20 heavy (non-hydrogen) atoms. The van der Waals surface area contributed by atoms with E-state index in [0.29, 0.717) is 0 Å². The van der Waals surface area contributed by atoms with Crippen LogP contribution in [-0.2, 0) is 0 Å². The van der Waals surface area contributed by atoms with Gasteiger partial charge in [-0.2, -0.15) is 0 Å². The molecule has 0 nitrogen and oxygen atoms in total. The van der Waals surface area contributed by atoms with E-state index in [-0.39, 0.29) is 0 Å². The maximum Gasteiger partial charge on any atom is -0.0156 e. The lowest BCUT2D eigenvalue weighted by Crippen LogP contribution is -1.97. The lowest BCUT2D eigenvalue weighted by Gasteiger charge is -2.16. The summed E-state index contributed by atoms with van der Waals surface area (Å²) in [5.41, 5.74) is 8.13. The van der Waals surface area contributed by atoms with Gasteiger partial charge in [0, 0.05) is 0 Å². The third kappa shape index (κ3) is 5.44. The molecular weight excluding hydrogens is 240 g/mol. The molecule has 0 amide bonds. The molecule has 0 aliphatic heterocycles. The zero-order valence-corrected chi connectivity index (χ0v) is 13.9. The highest BCUT2D eigenvalue weighted by atomic mass is 14.1. The molecule has 0 heterocycles. The molecule has 0 heteroatoms. The SMILES string of the molecule is C=C/C=C(/C(=C)C(/C=C\C(=C)C)=C(C)C)C(C)=C(C)C. The van der Waals surface area contributed by atoms with E-state index in [9.17, 15) is 0 Å². The summed E-state index contributed by atoms with van der Waals surface area (Å²) in [6.45, 7) is 24.6. The molecule has 0 saturated heterocycles. The normalized spacial score (nSPS) is 11.2. The minimum Gasteiger partial charge on any atom is -0.0990 e. The van der Waals surface area contributed by atoms with Crippen LogP contribution in [0.15, 0.2) is 83.1 Å². The summed E-state index contributed by atoms with van der Waals surface area (Å²) in [5.74, 6) is 0. The van der Waals surface area contributed by atoms with E-state index < -0.39 is 0 Å². The Bertz CT molecular complexity index is 520. The quantitative estimate of drug-likeness (QED) is 0.484. The maximum absolute atomic E-state index is 4.29. The van der Waals surface area contributed by atoms with Gasteiger partial charge < -0.3 is 0 Å². The fraction of sp³-hybridized carbons (Fsp3) is 0.300.